The maximum absolute atomic E-state index is 12.4. The van der Waals surface area contributed by atoms with Crippen LogP contribution in [0.15, 0.2) is 0 Å². The van der Waals surface area contributed by atoms with E-state index >= 15 is 0 Å². The van der Waals surface area contributed by atoms with Crippen LogP contribution in [-0.4, -0.2) is 67.0 Å². The van der Waals surface area contributed by atoms with Crippen molar-refractivity contribution in [3.63, 3.8) is 0 Å². The maximum Gasteiger partial charge on any atom is 0.319 e. The highest BCUT2D eigenvalue weighted by molar-refractivity contribution is 5.85. The largest absolute Gasteiger partial charge is 0.354 e. The second-order valence-corrected chi connectivity index (χ2v) is 6.30. The molecule has 6 nitrogen and oxygen atoms in total. The summed E-state index contributed by atoms with van der Waals surface area (Å²) in [6.07, 6.45) is 4.12. The molecule has 0 aromatic heterocycles. The summed E-state index contributed by atoms with van der Waals surface area (Å²) >= 11 is 0. The molecular formula is C16H31ClN4O2. The second-order valence-electron chi connectivity index (χ2n) is 6.30. The number of carbonyl (C=O) groups excluding carboxylic acids is 2. The smallest absolute Gasteiger partial charge is 0.319 e. The molecule has 3 amide bonds. The van der Waals surface area contributed by atoms with Crippen LogP contribution in [0.4, 0.5) is 4.79 Å². The Morgan fingerprint density at radius 2 is 1.96 bits per heavy atom. The molecule has 2 fully saturated rings. The third-order valence-electron chi connectivity index (χ3n) is 4.77. The average molecular weight is 347 g/mol. The van der Waals surface area contributed by atoms with E-state index in [0.29, 0.717) is 12.5 Å². The highest BCUT2D eigenvalue weighted by Crippen LogP contribution is 2.17. The SMILES string of the molecule is CCN(CC)C(=O)N1CCCC(CNC(=O)C2CCCN2)C1.Cl. The zero-order chi connectivity index (χ0) is 15.9. The van der Waals surface area contributed by atoms with Crippen LogP contribution in [0.25, 0.3) is 0 Å². The first-order chi connectivity index (χ1) is 10.7. The third kappa shape index (κ3) is 5.53. The summed E-state index contributed by atoms with van der Waals surface area (Å²) in [5.41, 5.74) is 0. The summed E-state index contributed by atoms with van der Waals surface area (Å²) in [5.74, 6) is 0.489. The first-order valence-electron chi connectivity index (χ1n) is 8.70. The Kier molecular flexibility index (Phi) is 8.69. The summed E-state index contributed by atoms with van der Waals surface area (Å²) < 4.78 is 0. The molecule has 0 spiro atoms. The van der Waals surface area contributed by atoms with Gasteiger partial charge in [-0.2, -0.15) is 0 Å². The van der Waals surface area contributed by atoms with Crippen molar-refractivity contribution < 1.29 is 9.59 Å². The van der Waals surface area contributed by atoms with Crippen molar-refractivity contribution in [1.29, 1.82) is 0 Å². The van der Waals surface area contributed by atoms with Gasteiger partial charge >= 0.3 is 6.03 Å². The Balaban J connectivity index is 0.00000264. The molecule has 0 radical (unpaired) electrons. The summed E-state index contributed by atoms with van der Waals surface area (Å²) in [7, 11) is 0. The normalized spacial score (nSPS) is 24.0. The summed E-state index contributed by atoms with van der Waals surface area (Å²) in [6.45, 7) is 8.74. The molecule has 2 atom stereocenters. The van der Waals surface area contributed by atoms with Crippen molar-refractivity contribution in [2.45, 2.75) is 45.6 Å². The van der Waals surface area contributed by atoms with Gasteiger partial charge in [-0.05, 0) is 52.0 Å². The van der Waals surface area contributed by atoms with Crippen molar-refractivity contribution in [2.75, 3.05) is 39.3 Å². The molecule has 0 aromatic carbocycles. The minimum atomic E-state index is -0.0167. The fraction of sp³-hybridized carbons (Fsp3) is 0.875. The Bertz CT molecular complexity index is 384. The molecule has 0 aromatic rings. The zero-order valence-corrected chi connectivity index (χ0v) is 15.2. The molecule has 134 valence electrons. The maximum atomic E-state index is 12.4. The van der Waals surface area contributed by atoms with Gasteiger partial charge < -0.3 is 20.4 Å². The number of nitrogens with zero attached hydrogens (tertiary/aromatic N) is 2. The van der Waals surface area contributed by atoms with Gasteiger partial charge in [-0.25, -0.2) is 4.79 Å². The van der Waals surface area contributed by atoms with Gasteiger partial charge in [0.15, 0.2) is 0 Å². The van der Waals surface area contributed by atoms with Gasteiger partial charge in [0.25, 0.3) is 0 Å². The molecule has 0 bridgehead atoms. The minimum absolute atomic E-state index is 0. The average Bonchev–Trinajstić information content (AvgIpc) is 3.08. The quantitative estimate of drug-likeness (QED) is 0.792. The number of hydrogen-bond donors (Lipinski definition) is 2. The molecule has 2 N–H and O–H groups in total. The molecular weight excluding hydrogens is 316 g/mol. The van der Waals surface area contributed by atoms with E-state index in [4.69, 9.17) is 0 Å². The Labute approximate surface area is 145 Å². The standard InChI is InChI=1S/C16H30N4O2.ClH/c1-3-19(4-2)16(22)20-10-6-7-13(12-20)11-18-15(21)14-8-5-9-17-14;/h13-14,17H,3-12H2,1-2H3,(H,18,21);1H. The molecule has 2 heterocycles. The van der Waals surface area contributed by atoms with Crippen LogP contribution in [0.1, 0.15) is 39.5 Å². The van der Waals surface area contributed by atoms with Crippen LogP contribution in [0.5, 0.6) is 0 Å². The number of piperidine rings is 1. The lowest BCUT2D eigenvalue weighted by atomic mass is 9.98. The predicted molar refractivity (Wildman–Crippen MR) is 93.9 cm³/mol. The number of amides is 3. The number of likely N-dealkylation sites (tertiary alicyclic amines) is 1. The number of hydrogen-bond acceptors (Lipinski definition) is 3. The Hall–Kier alpha value is -1.01. The fourth-order valence-corrected chi connectivity index (χ4v) is 3.38. The van der Waals surface area contributed by atoms with Crippen LogP contribution in [-0.2, 0) is 4.79 Å². The first kappa shape index (κ1) is 20.0. The van der Waals surface area contributed by atoms with Crippen molar-refractivity contribution in [2.24, 2.45) is 5.92 Å². The molecule has 2 saturated heterocycles. The molecule has 2 aliphatic rings. The van der Waals surface area contributed by atoms with E-state index in [1.54, 1.807) is 0 Å². The third-order valence-corrected chi connectivity index (χ3v) is 4.77. The molecule has 2 unspecified atom stereocenters. The van der Waals surface area contributed by atoms with Crippen LogP contribution in [0.3, 0.4) is 0 Å². The first-order valence-corrected chi connectivity index (χ1v) is 8.70. The number of halogens is 1. The van der Waals surface area contributed by atoms with Crippen LogP contribution < -0.4 is 10.6 Å². The van der Waals surface area contributed by atoms with Gasteiger partial charge in [-0.1, -0.05) is 0 Å². The molecule has 7 heteroatoms. The summed E-state index contributed by atoms with van der Waals surface area (Å²) in [6, 6.07) is 0.121. The molecule has 0 saturated carbocycles. The van der Waals surface area contributed by atoms with E-state index in [0.717, 1.165) is 58.4 Å². The molecule has 2 aliphatic heterocycles. The number of rotatable bonds is 5. The van der Waals surface area contributed by atoms with E-state index in [1.807, 2.05) is 23.6 Å². The van der Waals surface area contributed by atoms with E-state index in [1.165, 1.54) is 0 Å². The van der Waals surface area contributed by atoms with Gasteiger partial charge in [0, 0.05) is 32.7 Å². The van der Waals surface area contributed by atoms with E-state index in [9.17, 15) is 9.59 Å². The topological polar surface area (TPSA) is 64.7 Å². The highest BCUT2D eigenvalue weighted by atomic mass is 35.5. The number of nitrogens with one attached hydrogen (secondary N) is 2. The van der Waals surface area contributed by atoms with Crippen molar-refractivity contribution >= 4 is 24.3 Å². The number of carbonyl (C=O) groups is 2. The van der Waals surface area contributed by atoms with E-state index in [-0.39, 0.29) is 30.4 Å². The van der Waals surface area contributed by atoms with Crippen molar-refractivity contribution in [3.05, 3.63) is 0 Å². The predicted octanol–water partition coefficient (Wildman–Crippen LogP) is 1.45. The van der Waals surface area contributed by atoms with Gasteiger partial charge in [-0.15, -0.1) is 12.4 Å². The monoisotopic (exact) mass is 346 g/mol. The van der Waals surface area contributed by atoms with Gasteiger partial charge in [0.2, 0.25) is 5.91 Å². The lowest BCUT2D eigenvalue weighted by Crippen LogP contribution is -2.50. The highest BCUT2D eigenvalue weighted by Gasteiger charge is 2.27. The van der Waals surface area contributed by atoms with E-state index < -0.39 is 0 Å². The van der Waals surface area contributed by atoms with Gasteiger partial charge in [0.1, 0.15) is 0 Å². The fourth-order valence-electron chi connectivity index (χ4n) is 3.38. The lowest BCUT2D eigenvalue weighted by Gasteiger charge is -2.36. The number of urea groups is 1. The zero-order valence-electron chi connectivity index (χ0n) is 14.3. The van der Waals surface area contributed by atoms with Crippen molar-refractivity contribution in [3.8, 4) is 0 Å². The molecule has 2 rings (SSSR count). The van der Waals surface area contributed by atoms with E-state index in [2.05, 4.69) is 10.6 Å². The van der Waals surface area contributed by atoms with Crippen LogP contribution in [0, 0.1) is 5.92 Å². The lowest BCUT2D eigenvalue weighted by molar-refractivity contribution is -0.123. The second kappa shape index (κ2) is 9.98. The van der Waals surface area contributed by atoms with Gasteiger partial charge in [0.05, 0.1) is 6.04 Å². The van der Waals surface area contributed by atoms with Crippen LogP contribution >= 0.6 is 12.4 Å². The van der Waals surface area contributed by atoms with Gasteiger partial charge in [-0.3, -0.25) is 4.79 Å². The summed E-state index contributed by atoms with van der Waals surface area (Å²) in [5, 5.41) is 6.28. The molecule has 23 heavy (non-hydrogen) atoms. The molecule has 0 aliphatic carbocycles. The van der Waals surface area contributed by atoms with Crippen molar-refractivity contribution in [1.82, 2.24) is 20.4 Å². The Morgan fingerprint density at radius 1 is 1.22 bits per heavy atom. The van der Waals surface area contributed by atoms with Crippen LogP contribution in [0.2, 0.25) is 0 Å². The Morgan fingerprint density at radius 3 is 2.57 bits per heavy atom. The summed E-state index contributed by atoms with van der Waals surface area (Å²) in [4.78, 5) is 28.3. The minimum Gasteiger partial charge on any atom is -0.354 e.